The van der Waals surface area contributed by atoms with E-state index in [0.29, 0.717) is 57.9 Å². The van der Waals surface area contributed by atoms with Crippen LogP contribution in [0.1, 0.15) is 203 Å². The van der Waals surface area contributed by atoms with Gasteiger partial charge in [-0.05, 0) is 119 Å². The molecule has 0 aromatic rings. The van der Waals surface area contributed by atoms with Gasteiger partial charge in [-0.25, -0.2) is 0 Å². The van der Waals surface area contributed by atoms with E-state index in [0.717, 1.165) is 51.4 Å². The first-order valence-corrected chi connectivity index (χ1v) is 33.4. The molecular formula is C62H112O8Si2. The smallest absolute Gasteiger partial charge is 0.258 e. The van der Waals surface area contributed by atoms with Crippen molar-refractivity contribution in [3.63, 3.8) is 0 Å². The van der Waals surface area contributed by atoms with Crippen molar-refractivity contribution < 1.29 is 38.0 Å². The highest BCUT2D eigenvalue weighted by molar-refractivity contribution is 6.78. The average molecular weight is 1040 g/mol. The number of hydrogen-bond acceptors (Lipinski definition) is 8. The average Bonchev–Trinajstić information content (AvgIpc) is 3.89. The number of allylic oxidation sites excluding steroid dienone is 2. The molecule has 0 amide bonds. The molecule has 4 bridgehead atoms. The monoisotopic (exact) mass is 1040 g/mol. The minimum absolute atomic E-state index is 0.0360. The fourth-order valence-corrected chi connectivity index (χ4v) is 28.9. The Labute approximate surface area is 444 Å². The molecule has 2 N–H and O–H groups in total. The summed E-state index contributed by atoms with van der Waals surface area (Å²) in [4.78, 5) is 0. The van der Waals surface area contributed by atoms with Gasteiger partial charge in [-0.1, -0.05) is 151 Å². The summed E-state index contributed by atoms with van der Waals surface area (Å²) in [6.07, 6.45) is 12.8. The molecule has 10 heteroatoms. The lowest BCUT2D eigenvalue weighted by Crippen LogP contribution is -2.59. The molecule has 72 heavy (non-hydrogen) atoms. The summed E-state index contributed by atoms with van der Waals surface area (Å²) in [6, 6.07) is 0. The molecule has 0 aliphatic heterocycles. The summed E-state index contributed by atoms with van der Waals surface area (Å²) in [5.74, 6) is 3.76. The first kappa shape index (κ1) is 61.6. The summed E-state index contributed by atoms with van der Waals surface area (Å²) in [5.41, 5.74) is 4.58. The van der Waals surface area contributed by atoms with Crippen LogP contribution in [-0.2, 0) is 27.8 Å². The number of aliphatic hydroxyl groups excluding tert-OH is 2. The van der Waals surface area contributed by atoms with Crippen LogP contribution in [0.2, 0.25) is 33.2 Å². The molecule has 0 unspecified atom stereocenters. The second kappa shape index (κ2) is 22.6. The van der Waals surface area contributed by atoms with E-state index in [1.807, 2.05) is 12.2 Å². The summed E-state index contributed by atoms with van der Waals surface area (Å²) < 4.78 is 38.8. The molecule has 0 radical (unpaired) electrons. The van der Waals surface area contributed by atoms with Gasteiger partial charge in [-0.3, -0.25) is 0 Å². The second-order valence-corrected chi connectivity index (χ2v) is 38.4. The van der Waals surface area contributed by atoms with Gasteiger partial charge in [0.2, 0.25) is 0 Å². The van der Waals surface area contributed by atoms with Crippen molar-refractivity contribution in [1.82, 2.24) is 0 Å². The Kier molecular flexibility index (Phi) is 19.3. The molecule has 4 saturated carbocycles. The maximum absolute atomic E-state index is 12.1. The van der Waals surface area contributed by atoms with Crippen LogP contribution in [0.25, 0.3) is 0 Å². The van der Waals surface area contributed by atoms with E-state index >= 15 is 0 Å². The van der Waals surface area contributed by atoms with E-state index in [1.165, 1.54) is 22.7 Å². The summed E-state index contributed by atoms with van der Waals surface area (Å²) in [7, 11) is -0.883. The molecule has 4 fully saturated rings. The fourth-order valence-electron chi connectivity index (χ4n) is 18.2. The van der Waals surface area contributed by atoms with Crippen molar-refractivity contribution in [2.45, 2.75) is 260 Å². The van der Waals surface area contributed by atoms with Gasteiger partial charge in [0.15, 0.2) is 0 Å². The molecule has 416 valence electrons. The van der Waals surface area contributed by atoms with Crippen molar-refractivity contribution in [3.8, 4) is 0 Å². The normalized spacial score (nSPS) is 39.4. The highest BCUT2D eigenvalue weighted by Crippen LogP contribution is 2.71. The maximum Gasteiger partial charge on any atom is 0.258 e. The van der Waals surface area contributed by atoms with Crippen LogP contribution in [0.5, 0.6) is 0 Å². The zero-order valence-corrected chi connectivity index (χ0v) is 52.5. The highest BCUT2D eigenvalue weighted by atomic mass is 28.4. The second-order valence-electron chi connectivity index (χ2n) is 27.6. The van der Waals surface area contributed by atoms with E-state index in [2.05, 4.69) is 152 Å². The number of rotatable bonds is 18. The molecule has 0 aromatic heterocycles. The SMILES string of the molecule is C=C[C@@]1(C)C[C@@H](O)[C@@]2(C)C3=C(O[Si](C(C)C)(C(C)C)C(C)C)CC[C@@]3(CC[C@H]2C)[C@@H](C)[C@@H]1OCOC.C=C[C@]1(C)C[C@@H](O)[C@@]2(C)C3=C(O[Si](C(C)C)(C(C)C)C(C)C)CC[C@@]3(CC[C@H]2C)[C@@H](C)[C@@H]1OCOC. The molecular weight excluding hydrogens is 929 g/mol. The van der Waals surface area contributed by atoms with E-state index in [-0.39, 0.29) is 70.1 Å². The topological polar surface area (TPSA) is 95.8 Å². The predicted molar refractivity (Wildman–Crippen MR) is 304 cm³/mol. The van der Waals surface area contributed by atoms with Crippen molar-refractivity contribution in [1.29, 1.82) is 0 Å². The Balaban J connectivity index is 0.000000267. The van der Waals surface area contributed by atoms with Crippen molar-refractivity contribution in [2.75, 3.05) is 27.8 Å². The Morgan fingerprint density at radius 3 is 1.07 bits per heavy atom. The van der Waals surface area contributed by atoms with Gasteiger partial charge in [-0.15, -0.1) is 13.2 Å². The third-order valence-electron chi connectivity index (χ3n) is 22.6. The van der Waals surface area contributed by atoms with Crippen LogP contribution < -0.4 is 0 Å². The van der Waals surface area contributed by atoms with Gasteiger partial charge in [-0.2, -0.15) is 0 Å². The van der Waals surface area contributed by atoms with E-state index in [9.17, 15) is 10.2 Å². The lowest BCUT2D eigenvalue weighted by Gasteiger charge is -2.60. The third-order valence-corrected chi connectivity index (χ3v) is 34.6. The van der Waals surface area contributed by atoms with Gasteiger partial charge < -0.3 is 38.0 Å². The van der Waals surface area contributed by atoms with Crippen molar-refractivity contribution >= 4 is 16.6 Å². The first-order valence-electron chi connectivity index (χ1n) is 29.1. The summed E-state index contributed by atoms with van der Waals surface area (Å²) >= 11 is 0. The number of methoxy groups -OCH3 is 2. The van der Waals surface area contributed by atoms with Crippen LogP contribution in [0, 0.1) is 56.2 Å². The molecule has 0 saturated heterocycles. The Bertz CT molecular complexity index is 1760. The number of ether oxygens (including phenoxy) is 4. The number of aliphatic hydroxyl groups is 2. The fraction of sp³-hybridized carbons (Fsp3) is 0.871. The standard InChI is InChI=1S/2C31H56O4Si/c2*1-13-29(10)18-26(32)30(11)23(8)14-16-31(24(9)28(29)34-19-33-12)17-15-25(27(30)31)35-36(20(2)3,21(4)5)22(6)7/h2*13,20-24,26,28,32H,1,14-19H2,2-12H3/t23-,24+,26-,28+,29+,30+,31+;23-,24+,26-,28+,29-,30+,31+/m11/s1. The van der Waals surface area contributed by atoms with Crippen LogP contribution in [0.4, 0.5) is 0 Å². The third kappa shape index (κ3) is 9.66. The molecule has 8 nitrogen and oxygen atoms in total. The highest BCUT2D eigenvalue weighted by Gasteiger charge is 2.67. The first-order chi connectivity index (χ1) is 33.4. The van der Waals surface area contributed by atoms with Gasteiger partial charge in [0.1, 0.15) is 13.6 Å². The Morgan fingerprint density at radius 2 is 0.819 bits per heavy atom. The molecule has 0 heterocycles. The van der Waals surface area contributed by atoms with E-state index < -0.39 is 28.8 Å². The van der Waals surface area contributed by atoms with Crippen molar-refractivity contribution in [2.24, 2.45) is 56.2 Å². The van der Waals surface area contributed by atoms with Gasteiger partial charge >= 0.3 is 0 Å². The largest absolute Gasteiger partial charge is 0.546 e. The van der Waals surface area contributed by atoms with Gasteiger partial charge in [0, 0.05) is 59.6 Å². The molecule has 0 aromatic carbocycles. The molecule has 6 rings (SSSR count). The molecule has 6 aliphatic carbocycles. The van der Waals surface area contributed by atoms with Gasteiger partial charge in [0.25, 0.3) is 16.6 Å². The minimum atomic E-state index is -2.13. The summed E-state index contributed by atoms with van der Waals surface area (Å²) in [6.45, 7) is 56.0. The predicted octanol–water partition coefficient (Wildman–Crippen LogP) is 16.5. The van der Waals surface area contributed by atoms with Crippen molar-refractivity contribution in [3.05, 3.63) is 48.0 Å². The zero-order chi connectivity index (χ0) is 54.5. The Morgan fingerprint density at radius 1 is 0.528 bits per heavy atom. The molecule has 6 aliphatic rings. The molecule has 0 spiro atoms. The van der Waals surface area contributed by atoms with Gasteiger partial charge in [0.05, 0.1) is 35.9 Å². The van der Waals surface area contributed by atoms with Crippen LogP contribution >= 0.6 is 0 Å². The molecule has 14 atom stereocenters. The zero-order valence-electron chi connectivity index (χ0n) is 50.5. The Hall–Kier alpha value is -1.25. The minimum Gasteiger partial charge on any atom is -0.546 e. The maximum atomic E-state index is 12.1. The lowest BCUT2D eigenvalue weighted by molar-refractivity contribution is -0.173. The quantitative estimate of drug-likeness (QED) is 0.0796. The number of hydrogen-bond donors (Lipinski definition) is 2. The summed E-state index contributed by atoms with van der Waals surface area (Å²) in [5, 5.41) is 24.3. The van der Waals surface area contributed by atoms with Crippen LogP contribution in [0.15, 0.2) is 48.0 Å². The lowest BCUT2D eigenvalue weighted by atomic mass is 9.46. The van der Waals surface area contributed by atoms with E-state index in [1.54, 1.807) is 14.2 Å². The van der Waals surface area contributed by atoms with E-state index in [4.69, 9.17) is 27.8 Å². The van der Waals surface area contributed by atoms with Crippen LogP contribution in [-0.4, -0.2) is 79.1 Å². The van der Waals surface area contributed by atoms with Crippen LogP contribution in [0.3, 0.4) is 0 Å².